The molecular weight excluding hydrogens is 365 g/mol. The van der Waals surface area contributed by atoms with Gasteiger partial charge in [-0.3, -0.25) is 9.48 Å². The molecule has 1 heterocycles. The third kappa shape index (κ3) is 4.61. The molecule has 6 nitrogen and oxygen atoms in total. The van der Waals surface area contributed by atoms with Gasteiger partial charge in [0.1, 0.15) is 5.69 Å². The van der Waals surface area contributed by atoms with E-state index in [1.807, 2.05) is 0 Å². The average Bonchev–Trinajstić information content (AvgIpc) is 2.92. The molecule has 11 heteroatoms. The van der Waals surface area contributed by atoms with Gasteiger partial charge in [0.05, 0.1) is 6.61 Å². The van der Waals surface area contributed by atoms with Gasteiger partial charge in [0.15, 0.2) is 17.2 Å². The lowest BCUT2D eigenvalue weighted by Crippen LogP contribution is -2.13. The van der Waals surface area contributed by atoms with Crippen LogP contribution in [0.25, 0.3) is 0 Å². The lowest BCUT2D eigenvalue weighted by atomic mass is 10.2. The average molecular weight is 379 g/mol. The summed E-state index contributed by atoms with van der Waals surface area (Å²) in [6.07, 6.45) is -4.66. The number of ether oxygens (including phenoxy) is 2. The first-order valence-corrected chi connectivity index (χ1v) is 7.26. The van der Waals surface area contributed by atoms with Gasteiger partial charge in [0.25, 0.3) is 5.91 Å². The summed E-state index contributed by atoms with van der Waals surface area (Å²) in [5, 5.41) is 5.84. The Kier molecular flexibility index (Phi) is 5.68. The van der Waals surface area contributed by atoms with Crippen LogP contribution in [-0.2, 0) is 13.2 Å². The number of carbonyl (C=O) groups is 1. The number of halogens is 5. The summed E-state index contributed by atoms with van der Waals surface area (Å²) < 4.78 is 73.0. The number of anilines is 1. The van der Waals surface area contributed by atoms with Crippen molar-refractivity contribution in [2.75, 3.05) is 11.9 Å². The number of aromatic nitrogens is 2. The minimum Gasteiger partial charge on any atom is -0.490 e. The Bertz CT molecular complexity index is 789. The van der Waals surface area contributed by atoms with E-state index in [1.165, 1.54) is 12.1 Å². The van der Waals surface area contributed by atoms with Crippen molar-refractivity contribution in [2.45, 2.75) is 19.7 Å². The van der Waals surface area contributed by atoms with E-state index in [9.17, 15) is 26.7 Å². The summed E-state index contributed by atoms with van der Waals surface area (Å²) in [5.41, 5.74) is -1.43. The van der Waals surface area contributed by atoms with E-state index in [-0.39, 0.29) is 23.8 Å². The van der Waals surface area contributed by atoms with Crippen LogP contribution in [0.1, 0.15) is 23.1 Å². The highest BCUT2D eigenvalue weighted by atomic mass is 19.4. The van der Waals surface area contributed by atoms with Crippen LogP contribution in [0.2, 0.25) is 0 Å². The fourth-order valence-electron chi connectivity index (χ4n) is 2.09. The molecule has 0 radical (unpaired) electrons. The molecule has 0 aliphatic carbocycles. The second-order valence-electron chi connectivity index (χ2n) is 4.96. The number of nitrogens with one attached hydrogen (secondary N) is 1. The van der Waals surface area contributed by atoms with Gasteiger partial charge in [-0.2, -0.15) is 27.1 Å². The molecular formula is C15H14F5N3O3. The molecule has 0 aliphatic heterocycles. The third-order valence-electron chi connectivity index (χ3n) is 3.12. The number of alkyl halides is 5. The first kappa shape index (κ1) is 19.5. The van der Waals surface area contributed by atoms with Crippen molar-refractivity contribution in [3.63, 3.8) is 0 Å². The zero-order valence-corrected chi connectivity index (χ0v) is 13.6. The maximum atomic E-state index is 12.8. The number of amides is 1. The largest absolute Gasteiger partial charge is 0.490 e. The SMILES string of the molecule is CCOc1cc(NC(=O)c2cc(C(F)(F)F)n(C)n2)ccc1OC(F)F. The highest BCUT2D eigenvalue weighted by Gasteiger charge is 2.35. The molecule has 1 amide bonds. The number of hydrogen-bond donors (Lipinski definition) is 1. The summed E-state index contributed by atoms with van der Waals surface area (Å²) in [6, 6.07) is 4.21. The van der Waals surface area contributed by atoms with Crippen LogP contribution in [0.3, 0.4) is 0 Å². The van der Waals surface area contributed by atoms with Crippen molar-refractivity contribution in [3.05, 3.63) is 35.7 Å². The van der Waals surface area contributed by atoms with Gasteiger partial charge in [-0.1, -0.05) is 0 Å². The minimum atomic E-state index is -4.66. The highest BCUT2D eigenvalue weighted by molar-refractivity contribution is 6.03. The maximum Gasteiger partial charge on any atom is 0.433 e. The Labute approximate surface area is 144 Å². The Balaban J connectivity index is 2.22. The summed E-state index contributed by atoms with van der Waals surface area (Å²) in [5.74, 6) is -1.19. The molecule has 2 aromatic rings. The van der Waals surface area contributed by atoms with Crippen LogP contribution in [-0.4, -0.2) is 28.9 Å². The molecule has 26 heavy (non-hydrogen) atoms. The lowest BCUT2D eigenvalue weighted by Gasteiger charge is -2.13. The topological polar surface area (TPSA) is 65.4 Å². The van der Waals surface area contributed by atoms with Gasteiger partial charge in [-0.15, -0.1) is 0 Å². The van der Waals surface area contributed by atoms with Crippen LogP contribution in [0.4, 0.5) is 27.6 Å². The number of rotatable bonds is 6. The molecule has 0 atom stereocenters. The molecule has 1 aromatic carbocycles. The standard InChI is InChI=1S/C15H14F5N3O3/c1-3-25-11-6-8(4-5-10(11)26-14(16)17)21-13(24)9-7-12(15(18,19)20)23(2)22-9/h4-7,14H,3H2,1-2H3,(H,21,24). The smallest absolute Gasteiger partial charge is 0.433 e. The van der Waals surface area contributed by atoms with Crippen molar-refractivity contribution in [2.24, 2.45) is 7.05 Å². The Morgan fingerprint density at radius 1 is 1.27 bits per heavy atom. The summed E-state index contributed by atoms with van der Waals surface area (Å²) in [6.45, 7) is -1.31. The van der Waals surface area contributed by atoms with E-state index in [0.29, 0.717) is 10.7 Å². The number of benzene rings is 1. The van der Waals surface area contributed by atoms with E-state index >= 15 is 0 Å². The lowest BCUT2D eigenvalue weighted by molar-refractivity contribution is -0.143. The van der Waals surface area contributed by atoms with Gasteiger partial charge >= 0.3 is 12.8 Å². The summed E-state index contributed by atoms with van der Waals surface area (Å²) in [4.78, 5) is 12.1. The highest BCUT2D eigenvalue weighted by Crippen LogP contribution is 2.32. The zero-order chi connectivity index (χ0) is 19.5. The number of hydrogen-bond acceptors (Lipinski definition) is 4. The zero-order valence-electron chi connectivity index (χ0n) is 13.6. The molecule has 0 saturated heterocycles. The molecule has 0 spiro atoms. The van der Waals surface area contributed by atoms with Crippen molar-refractivity contribution >= 4 is 11.6 Å². The fourth-order valence-corrected chi connectivity index (χ4v) is 2.09. The van der Waals surface area contributed by atoms with E-state index in [2.05, 4.69) is 15.2 Å². The van der Waals surface area contributed by atoms with Crippen molar-refractivity contribution in [1.29, 1.82) is 0 Å². The van der Waals surface area contributed by atoms with Gasteiger partial charge < -0.3 is 14.8 Å². The minimum absolute atomic E-state index is 0.0531. The van der Waals surface area contributed by atoms with Crippen LogP contribution in [0, 0.1) is 0 Å². The van der Waals surface area contributed by atoms with Gasteiger partial charge in [-0.05, 0) is 19.1 Å². The van der Waals surface area contributed by atoms with Gasteiger partial charge in [0.2, 0.25) is 0 Å². The van der Waals surface area contributed by atoms with E-state index < -0.39 is 30.1 Å². The van der Waals surface area contributed by atoms with Crippen LogP contribution >= 0.6 is 0 Å². The first-order valence-electron chi connectivity index (χ1n) is 7.26. The number of aryl methyl sites for hydroxylation is 1. The molecule has 0 bridgehead atoms. The second-order valence-corrected chi connectivity index (χ2v) is 4.96. The Hall–Kier alpha value is -2.85. The molecule has 1 N–H and O–H groups in total. The monoisotopic (exact) mass is 379 g/mol. The Morgan fingerprint density at radius 3 is 2.50 bits per heavy atom. The molecule has 0 unspecified atom stereocenters. The van der Waals surface area contributed by atoms with E-state index in [1.54, 1.807) is 6.92 Å². The predicted molar refractivity (Wildman–Crippen MR) is 80.4 cm³/mol. The van der Waals surface area contributed by atoms with Crippen LogP contribution in [0.5, 0.6) is 11.5 Å². The molecule has 0 fully saturated rings. The fraction of sp³-hybridized carbons (Fsp3) is 0.333. The van der Waals surface area contributed by atoms with Crippen LogP contribution in [0.15, 0.2) is 24.3 Å². The second kappa shape index (κ2) is 7.58. The molecule has 142 valence electrons. The Morgan fingerprint density at radius 2 is 1.96 bits per heavy atom. The first-order chi connectivity index (χ1) is 12.1. The molecule has 0 saturated carbocycles. The van der Waals surface area contributed by atoms with Crippen LogP contribution < -0.4 is 14.8 Å². The van der Waals surface area contributed by atoms with Crippen molar-refractivity contribution < 1.29 is 36.2 Å². The van der Waals surface area contributed by atoms with Crippen molar-refractivity contribution in [1.82, 2.24) is 9.78 Å². The normalized spacial score (nSPS) is 11.5. The summed E-state index contributed by atoms with van der Waals surface area (Å²) in [7, 11) is 1.06. The maximum absolute atomic E-state index is 12.8. The molecule has 0 aliphatic rings. The molecule has 1 aromatic heterocycles. The van der Waals surface area contributed by atoms with Gasteiger partial charge in [-0.25, -0.2) is 0 Å². The quantitative estimate of drug-likeness (QED) is 0.778. The van der Waals surface area contributed by atoms with Gasteiger partial charge in [0, 0.05) is 24.9 Å². The third-order valence-corrected chi connectivity index (χ3v) is 3.12. The number of nitrogens with zero attached hydrogens (tertiary/aromatic N) is 2. The van der Waals surface area contributed by atoms with Crippen molar-refractivity contribution in [3.8, 4) is 11.5 Å². The summed E-state index contributed by atoms with van der Waals surface area (Å²) >= 11 is 0. The van der Waals surface area contributed by atoms with E-state index in [0.717, 1.165) is 13.1 Å². The predicted octanol–water partition coefficient (Wildman–Crippen LogP) is 3.69. The number of carbonyl (C=O) groups excluding carboxylic acids is 1. The van der Waals surface area contributed by atoms with E-state index in [4.69, 9.17) is 4.74 Å². The molecule has 2 rings (SSSR count).